The van der Waals surface area contributed by atoms with Crippen LogP contribution in [0.15, 0.2) is 24.3 Å². The van der Waals surface area contributed by atoms with Gasteiger partial charge in [0.25, 0.3) is 0 Å². The van der Waals surface area contributed by atoms with Crippen LogP contribution >= 0.6 is 0 Å². The summed E-state index contributed by atoms with van der Waals surface area (Å²) in [5.74, 6) is 0. The van der Waals surface area contributed by atoms with Crippen LogP contribution in [0.25, 0.3) is 0 Å². The highest BCUT2D eigenvalue weighted by Gasteiger charge is 2.31. The summed E-state index contributed by atoms with van der Waals surface area (Å²) in [6.07, 6.45) is 0.0424. The Morgan fingerprint density at radius 3 is 2.46 bits per heavy atom. The van der Waals surface area contributed by atoms with Crippen molar-refractivity contribution in [1.29, 1.82) is 0 Å². The third-order valence-electron chi connectivity index (χ3n) is 5.21. The number of piperazine rings is 1. The van der Waals surface area contributed by atoms with Gasteiger partial charge < -0.3 is 14.7 Å². The number of hydrogen-bond donors (Lipinski definition) is 1. The Kier molecular flexibility index (Phi) is 6.42. The van der Waals surface area contributed by atoms with Crippen LogP contribution in [0.4, 0.5) is 18.9 Å². The number of hydrogen-bond acceptors (Lipinski definition) is 4. The summed E-state index contributed by atoms with van der Waals surface area (Å²) in [6, 6.07) is 5.48. The molecule has 1 N–H and O–H groups in total. The number of β-amino-alcohol motifs (C(OH)–C–C–N with tert-alkyl or cyclic N) is 1. The molecule has 1 saturated heterocycles. The molecular weight excluding hydrogens is 345 g/mol. The summed E-state index contributed by atoms with van der Waals surface area (Å²) in [5, 5.41) is 10.2. The SMILES string of the molecule is O[C@@H](COC1CCCC1)CN1CCN(c2cccc(C(F)(F)F)c2)CC1. The first kappa shape index (κ1) is 19.5. The highest BCUT2D eigenvalue weighted by molar-refractivity contribution is 5.49. The van der Waals surface area contributed by atoms with Crippen molar-refractivity contribution in [3.05, 3.63) is 29.8 Å². The standard InChI is InChI=1S/C19H27F3N2O2/c20-19(21,22)15-4-3-5-16(12-15)24-10-8-23(9-11-24)13-17(25)14-26-18-6-1-2-7-18/h3-5,12,17-18,25H,1-2,6-11,13-14H2/t17-/m1/s1. The van der Waals surface area contributed by atoms with Gasteiger partial charge in [-0.3, -0.25) is 4.90 Å². The number of aliphatic hydroxyl groups is 1. The van der Waals surface area contributed by atoms with Crippen LogP contribution in [0.3, 0.4) is 0 Å². The third kappa shape index (κ3) is 5.34. The fourth-order valence-electron chi connectivity index (χ4n) is 3.72. The zero-order valence-electron chi connectivity index (χ0n) is 14.9. The van der Waals surface area contributed by atoms with Crippen LogP contribution in [0.2, 0.25) is 0 Å². The maximum atomic E-state index is 12.9. The van der Waals surface area contributed by atoms with E-state index in [9.17, 15) is 18.3 Å². The lowest BCUT2D eigenvalue weighted by atomic mass is 10.1. The van der Waals surface area contributed by atoms with Crippen molar-refractivity contribution < 1.29 is 23.0 Å². The summed E-state index contributed by atoms with van der Waals surface area (Å²) in [7, 11) is 0. The van der Waals surface area contributed by atoms with Crippen molar-refractivity contribution in [2.45, 2.75) is 44.1 Å². The normalized spacial score (nSPS) is 21.3. The minimum atomic E-state index is -4.32. The number of anilines is 1. The number of benzene rings is 1. The molecule has 2 aliphatic rings. The van der Waals surface area contributed by atoms with Gasteiger partial charge in [0.2, 0.25) is 0 Å². The van der Waals surface area contributed by atoms with E-state index in [4.69, 9.17) is 4.74 Å². The Morgan fingerprint density at radius 2 is 1.81 bits per heavy atom. The highest BCUT2D eigenvalue weighted by atomic mass is 19.4. The molecular formula is C19H27F3N2O2. The van der Waals surface area contributed by atoms with Gasteiger partial charge in [0.1, 0.15) is 0 Å². The molecule has 0 amide bonds. The van der Waals surface area contributed by atoms with Gasteiger partial charge in [-0.25, -0.2) is 0 Å². The molecule has 1 saturated carbocycles. The molecule has 1 heterocycles. The molecule has 1 aliphatic heterocycles. The zero-order chi connectivity index (χ0) is 18.6. The van der Waals surface area contributed by atoms with E-state index >= 15 is 0 Å². The Morgan fingerprint density at radius 1 is 1.12 bits per heavy atom. The number of alkyl halides is 3. The van der Waals surface area contributed by atoms with Gasteiger partial charge in [-0.15, -0.1) is 0 Å². The number of nitrogens with zero attached hydrogens (tertiary/aromatic N) is 2. The second kappa shape index (κ2) is 8.59. The zero-order valence-corrected chi connectivity index (χ0v) is 14.9. The highest BCUT2D eigenvalue weighted by Crippen LogP contribution is 2.31. The summed E-state index contributed by atoms with van der Waals surface area (Å²) in [6.45, 7) is 3.64. The molecule has 1 atom stereocenters. The van der Waals surface area contributed by atoms with Gasteiger partial charge in [-0.2, -0.15) is 13.2 Å². The number of ether oxygens (including phenoxy) is 1. The molecule has 7 heteroatoms. The number of aliphatic hydroxyl groups excluding tert-OH is 1. The molecule has 0 bridgehead atoms. The van der Waals surface area contributed by atoms with Crippen LogP contribution in [0.1, 0.15) is 31.2 Å². The first-order valence-corrected chi connectivity index (χ1v) is 9.36. The molecule has 4 nitrogen and oxygen atoms in total. The lowest BCUT2D eigenvalue weighted by Gasteiger charge is -2.37. The fourth-order valence-corrected chi connectivity index (χ4v) is 3.72. The average Bonchev–Trinajstić information content (AvgIpc) is 3.14. The van der Waals surface area contributed by atoms with Gasteiger partial charge >= 0.3 is 6.18 Å². The van der Waals surface area contributed by atoms with Crippen molar-refractivity contribution in [3.63, 3.8) is 0 Å². The molecule has 26 heavy (non-hydrogen) atoms. The summed E-state index contributed by atoms with van der Waals surface area (Å²) >= 11 is 0. The third-order valence-corrected chi connectivity index (χ3v) is 5.21. The van der Waals surface area contributed by atoms with Crippen molar-refractivity contribution in [2.75, 3.05) is 44.2 Å². The van der Waals surface area contributed by atoms with Crippen molar-refractivity contribution in [1.82, 2.24) is 4.90 Å². The fraction of sp³-hybridized carbons (Fsp3) is 0.684. The minimum absolute atomic E-state index is 0.294. The van der Waals surface area contributed by atoms with E-state index in [2.05, 4.69) is 4.90 Å². The second-order valence-corrected chi connectivity index (χ2v) is 7.23. The van der Waals surface area contributed by atoms with Gasteiger partial charge in [-0.1, -0.05) is 18.9 Å². The summed E-state index contributed by atoms with van der Waals surface area (Å²) in [5.41, 5.74) is -0.0125. The Balaban J connectivity index is 1.44. The minimum Gasteiger partial charge on any atom is -0.389 e. The van der Waals surface area contributed by atoms with E-state index in [1.165, 1.54) is 25.0 Å². The number of rotatable bonds is 6. The predicted molar refractivity (Wildman–Crippen MR) is 94.3 cm³/mol. The molecule has 3 rings (SSSR count). The first-order chi connectivity index (χ1) is 12.4. The average molecular weight is 372 g/mol. The van der Waals surface area contributed by atoms with E-state index in [1.54, 1.807) is 6.07 Å². The predicted octanol–water partition coefficient (Wildman–Crippen LogP) is 3.15. The van der Waals surface area contributed by atoms with Crippen LogP contribution < -0.4 is 4.90 Å². The molecule has 0 unspecified atom stereocenters. The van der Waals surface area contributed by atoms with E-state index in [1.807, 2.05) is 4.90 Å². The maximum Gasteiger partial charge on any atom is 0.416 e. The first-order valence-electron chi connectivity index (χ1n) is 9.36. The van der Waals surface area contributed by atoms with Crippen LogP contribution in [-0.4, -0.2) is 61.5 Å². The summed E-state index contributed by atoms with van der Waals surface area (Å²) in [4.78, 5) is 4.11. The van der Waals surface area contributed by atoms with Crippen molar-refractivity contribution >= 4 is 5.69 Å². The lowest BCUT2D eigenvalue weighted by molar-refractivity contribution is -0.137. The quantitative estimate of drug-likeness (QED) is 0.832. The van der Waals surface area contributed by atoms with Gasteiger partial charge in [0, 0.05) is 38.4 Å². The van der Waals surface area contributed by atoms with Crippen molar-refractivity contribution in [3.8, 4) is 0 Å². The smallest absolute Gasteiger partial charge is 0.389 e. The molecule has 146 valence electrons. The number of halogens is 3. The van der Waals surface area contributed by atoms with Gasteiger partial charge in [-0.05, 0) is 31.0 Å². The largest absolute Gasteiger partial charge is 0.416 e. The van der Waals surface area contributed by atoms with Gasteiger partial charge in [0.15, 0.2) is 0 Å². The molecule has 0 radical (unpaired) electrons. The molecule has 1 aromatic rings. The van der Waals surface area contributed by atoms with Crippen LogP contribution in [-0.2, 0) is 10.9 Å². The molecule has 2 fully saturated rings. The molecule has 0 aromatic heterocycles. The maximum absolute atomic E-state index is 12.9. The van der Waals surface area contributed by atoms with Crippen LogP contribution in [0, 0.1) is 0 Å². The van der Waals surface area contributed by atoms with Crippen molar-refractivity contribution in [2.24, 2.45) is 0 Å². The monoisotopic (exact) mass is 372 g/mol. The molecule has 0 spiro atoms. The second-order valence-electron chi connectivity index (χ2n) is 7.23. The topological polar surface area (TPSA) is 35.9 Å². The summed E-state index contributed by atoms with van der Waals surface area (Å²) < 4.78 is 44.3. The van der Waals surface area contributed by atoms with E-state index < -0.39 is 17.8 Å². The lowest BCUT2D eigenvalue weighted by Crippen LogP contribution is -2.49. The van der Waals surface area contributed by atoms with Gasteiger partial charge in [0.05, 0.1) is 24.4 Å². The van der Waals surface area contributed by atoms with E-state index in [0.717, 1.165) is 32.0 Å². The Labute approximate surface area is 152 Å². The molecule has 1 aromatic carbocycles. The Bertz CT molecular complexity index is 568. The van der Waals surface area contributed by atoms with E-state index in [-0.39, 0.29) is 0 Å². The Hall–Kier alpha value is -1.31. The molecule has 1 aliphatic carbocycles. The van der Waals surface area contributed by atoms with E-state index in [0.29, 0.717) is 38.0 Å². The van der Waals surface area contributed by atoms with Crippen LogP contribution in [0.5, 0.6) is 0 Å².